The van der Waals surface area contributed by atoms with Crippen LogP contribution < -0.4 is 15.3 Å². The molecule has 3 rings (SSSR count). The Morgan fingerprint density at radius 3 is 0.963 bits per heavy atom. The fourth-order valence-corrected chi connectivity index (χ4v) is 2.93. The number of nitriles is 3. The molecule has 0 aliphatic carbocycles. The molecule has 1 radical (unpaired) electrons. The molecule has 0 unspecified atom stereocenters. The first kappa shape index (κ1) is 54.8. The second-order valence-electron chi connectivity index (χ2n) is 10.6. The predicted molar refractivity (Wildman–Crippen MR) is 193 cm³/mol. The average molecular weight is 868 g/mol. The second-order valence-corrected chi connectivity index (χ2v) is 10.6. The van der Waals surface area contributed by atoms with Crippen LogP contribution >= 0.6 is 0 Å². The number of nitrogens with zero attached hydrogens (tertiary/aromatic N) is 5. The molecule has 0 saturated carbocycles. The number of allylic oxidation sites excluding steroid dienone is 5. The minimum Gasteiger partial charge on any atom is -0.876 e. The van der Waals surface area contributed by atoms with Crippen LogP contribution in [0.25, 0.3) is 5.76 Å². The third-order valence-corrected chi connectivity index (χ3v) is 5.32. The molecule has 0 aliphatic heterocycles. The van der Waals surface area contributed by atoms with E-state index in [2.05, 4.69) is 0 Å². The second kappa shape index (κ2) is 31.7. The molecule has 279 valence electrons. The van der Waals surface area contributed by atoms with E-state index in [4.69, 9.17) is 15.8 Å². The summed E-state index contributed by atoms with van der Waals surface area (Å²) in [7, 11) is 6.75. The summed E-state index contributed by atoms with van der Waals surface area (Å²) in [5.74, 6) is -1.83. The maximum atomic E-state index is 11.3. The summed E-state index contributed by atoms with van der Waals surface area (Å²) in [6.45, 7) is 3.96. The van der Waals surface area contributed by atoms with Crippen molar-refractivity contribution in [2.45, 2.75) is 20.8 Å². The van der Waals surface area contributed by atoms with Crippen LogP contribution in [0.2, 0.25) is 0 Å². The van der Waals surface area contributed by atoms with E-state index in [1.807, 2.05) is 18.2 Å². The monoisotopic (exact) mass is 865 g/mol. The van der Waals surface area contributed by atoms with Crippen LogP contribution in [0.15, 0.2) is 103 Å². The van der Waals surface area contributed by atoms with Crippen LogP contribution in [0.4, 0.5) is 0 Å². The maximum Gasteiger partial charge on any atom is 3.00 e. The van der Waals surface area contributed by atoms with E-state index >= 15 is 0 Å². The third-order valence-electron chi connectivity index (χ3n) is 5.32. The molecule has 0 fully saturated rings. The summed E-state index contributed by atoms with van der Waals surface area (Å²) < 4.78 is 0. The van der Waals surface area contributed by atoms with Gasteiger partial charge in [0, 0.05) is 39.3 Å². The van der Waals surface area contributed by atoms with Gasteiger partial charge in [0.1, 0.15) is 0 Å². The van der Waals surface area contributed by atoms with Gasteiger partial charge in [-0.2, -0.15) is 15.8 Å². The van der Waals surface area contributed by atoms with E-state index in [1.54, 1.807) is 64.6 Å². The Hall–Kier alpha value is -5.99. The zero-order valence-corrected chi connectivity index (χ0v) is 34.1. The molecule has 54 heavy (non-hydrogen) atoms. The van der Waals surface area contributed by atoms with Crippen molar-refractivity contribution in [3.63, 3.8) is 0 Å². The molecule has 2 amide bonds. The fourth-order valence-electron chi connectivity index (χ4n) is 2.93. The summed E-state index contributed by atoms with van der Waals surface area (Å²) in [6.07, 6.45) is 4.59. The first-order chi connectivity index (χ1) is 24.4. The SMILES string of the molecule is C/C([O-])=C/C(=O)c1ccc(C#N)cc1.C/C([O-])=C/C(=O)c1ccc(C#N)cc1.CC(=O)/C=C(\[O-])c1ccc(C#N)cc1.CN(C)C=O.CN(C)C=O.[Nd+3].[OH3+]. The molecule has 15 heteroatoms. The van der Waals surface area contributed by atoms with Gasteiger partial charge in [-0.05, 0) is 91.4 Å². The molecular formula is C39H41N5NdO9+. The Labute approximate surface area is 348 Å². The van der Waals surface area contributed by atoms with Gasteiger partial charge in [0.2, 0.25) is 12.8 Å². The molecule has 3 aromatic carbocycles. The van der Waals surface area contributed by atoms with Crippen LogP contribution in [0.3, 0.4) is 0 Å². The summed E-state index contributed by atoms with van der Waals surface area (Å²) >= 11 is 0. The van der Waals surface area contributed by atoms with E-state index in [0.717, 1.165) is 31.0 Å². The largest absolute Gasteiger partial charge is 3.00 e. The number of rotatable bonds is 8. The molecular weight excluding hydrogens is 827 g/mol. The van der Waals surface area contributed by atoms with Gasteiger partial charge in [-0.3, -0.25) is 24.0 Å². The molecule has 0 spiro atoms. The minimum atomic E-state index is -0.331. The standard InChI is InChI=1S/3C11H9NO2.2C3H7NO.Nd.H2O/c3*1-8(13)6-11(14)10-4-2-9(7-12)3-5-10;2*1-4(2)3-5;;/h2-6,14H,1H3;2*2-6,13H,1H3;2*3H,1-2H3;;1H2/q;;;;;+3;/p-2/b11-6-;2*8-6-;;;;. The number of hydrogen-bond acceptors (Lipinski definition) is 11. The van der Waals surface area contributed by atoms with Crippen molar-refractivity contribution in [1.29, 1.82) is 15.8 Å². The van der Waals surface area contributed by atoms with Crippen LogP contribution in [-0.4, -0.2) is 68.2 Å². The van der Waals surface area contributed by atoms with Crippen molar-refractivity contribution in [1.82, 2.24) is 9.80 Å². The zero-order valence-electron chi connectivity index (χ0n) is 30.9. The summed E-state index contributed by atoms with van der Waals surface area (Å²) in [6, 6.07) is 24.3. The average Bonchev–Trinajstić information content (AvgIpc) is 3.11. The van der Waals surface area contributed by atoms with Crippen molar-refractivity contribution in [2.24, 2.45) is 0 Å². The smallest absolute Gasteiger partial charge is 0.876 e. The Morgan fingerprint density at radius 2 is 0.778 bits per heavy atom. The Morgan fingerprint density at radius 1 is 0.537 bits per heavy atom. The number of carbonyl (C=O) groups excluding carboxylic acids is 5. The molecule has 0 heterocycles. The molecule has 0 saturated heterocycles. The number of hydrogen-bond donors (Lipinski definition) is 0. The third kappa shape index (κ3) is 27.7. The number of carbonyl (C=O) groups is 5. The molecule has 0 aliphatic rings. The van der Waals surface area contributed by atoms with Gasteiger partial charge in [0.05, 0.1) is 34.9 Å². The van der Waals surface area contributed by atoms with Gasteiger partial charge >= 0.3 is 40.8 Å². The van der Waals surface area contributed by atoms with Gasteiger partial charge in [-0.25, -0.2) is 0 Å². The van der Waals surface area contributed by atoms with Crippen LogP contribution in [0.5, 0.6) is 0 Å². The van der Waals surface area contributed by atoms with Crippen molar-refractivity contribution >= 4 is 35.9 Å². The van der Waals surface area contributed by atoms with Gasteiger partial charge in [0.15, 0.2) is 17.3 Å². The normalized spacial score (nSPS) is 9.59. The summed E-state index contributed by atoms with van der Waals surface area (Å²) in [4.78, 5) is 55.0. The quantitative estimate of drug-likeness (QED) is 0.103. The zero-order chi connectivity index (χ0) is 40.2. The Kier molecular flexibility index (Phi) is 32.2. The number of ketones is 3. The van der Waals surface area contributed by atoms with Gasteiger partial charge in [0.25, 0.3) is 0 Å². The minimum absolute atomic E-state index is 0. The van der Waals surface area contributed by atoms with Gasteiger partial charge in [-0.15, -0.1) is 11.5 Å². The van der Waals surface area contributed by atoms with Crippen molar-refractivity contribution in [2.75, 3.05) is 28.2 Å². The van der Waals surface area contributed by atoms with Gasteiger partial charge < -0.3 is 30.6 Å². The first-order valence-electron chi connectivity index (χ1n) is 14.9. The van der Waals surface area contributed by atoms with E-state index in [-0.39, 0.29) is 80.9 Å². The molecule has 14 nitrogen and oxygen atoms in total. The molecule has 3 aromatic rings. The first-order valence-corrected chi connectivity index (χ1v) is 14.9. The van der Waals surface area contributed by atoms with Gasteiger partial charge in [-0.1, -0.05) is 31.7 Å². The van der Waals surface area contributed by atoms with Crippen molar-refractivity contribution in [3.8, 4) is 18.2 Å². The van der Waals surface area contributed by atoms with Crippen LogP contribution in [0, 0.1) is 74.8 Å². The molecule has 0 atom stereocenters. The molecule has 0 aromatic heterocycles. The number of amides is 2. The molecule has 0 bridgehead atoms. The molecule has 3 N–H and O–H groups in total. The van der Waals surface area contributed by atoms with E-state index in [9.17, 15) is 39.3 Å². The Bertz CT molecular complexity index is 1740. The predicted octanol–water partition coefficient (Wildman–Crippen LogP) is 1.35. The summed E-state index contributed by atoms with van der Waals surface area (Å²) in [5.41, 5.74) is 2.72. The summed E-state index contributed by atoms with van der Waals surface area (Å²) in [5, 5.41) is 58.1. The Balaban J connectivity index is -0.000000303. The number of benzene rings is 3. The van der Waals surface area contributed by atoms with E-state index < -0.39 is 0 Å². The van der Waals surface area contributed by atoms with Crippen molar-refractivity contribution < 1.29 is 85.6 Å². The fraction of sp³-hybridized carbons (Fsp3) is 0.179. The van der Waals surface area contributed by atoms with E-state index in [1.165, 1.54) is 67.0 Å². The van der Waals surface area contributed by atoms with Crippen LogP contribution in [-0.2, 0) is 19.9 Å². The topological polar surface area (TPSA) is 265 Å². The van der Waals surface area contributed by atoms with E-state index in [0.29, 0.717) is 33.4 Å². The van der Waals surface area contributed by atoms with Crippen molar-refractivity contribution in [3.05, 3.63) is 136 Å². The van der Waals surface area contributed by atoms with Crippen LogP contribution in [0.1, 0.15) is 63.7 Å². The maximum absolute atomic E-state index is 11.3.